The summed E-state index contributed by atoms with van der Waals surface area (Å²) in [6.45, 7) is 0. The highest BCUT2D eigenvalue weighted by Crippen LogP contribution is 2.55. The number of nitrogens with zero attached hydrogens (tertiary/aromatic N) is 1. The number of benzene rings is 1. The molecule has 2 N–H and O–H groups in total. The van der Waals surface area contributed by atoms with Crippen LogP contribution in [0.2, 0.25) is 10.0 Å². The molecule has 128 valence electrons. The first kappa shape index (κ1) is 16.2. The SMILES string of the molecule is O=C(N/N=C\c1ccc(Cl)cc1Cl)NC12CC3CC(CC(C3)C1)C2. The molecule has 4 nitrogen and oxygen atoms in total. The molecule has 0 atom stereocenters. The summed E-state index contributed by atoms with van der Waals surface area (Å²) in [5, 5.41) is 8.31. The third kappa shape index (κ3) is 3.27. The molecule has 0 aromatic heterocycles. The van der Waals surface area contributed by atoms with Crippen LogP contribution in [0.25, 0.3) is 0 Å². The van der Waals surface area contributed by atoms with Crippen LogP contribution in [0.3, 0.4) is 0 Å². The number of rotatable bonds is 3. The van der Waals surface area contributed by atoms with E-state index in [0.29, 0.717) is 10.0 Å². The van der Waals surface area contributed by atoms with Crippen molar-refractivity contribution in [1.29, 1.82) is 0 Å². The van der Waals surface area contributed by atoms with E-state index >= 15 is 0 Å². The number of hydrazone groups is 1. The number of hydrogen-bond donors (Lipinski definition) is 2. The molecule has 0 aliphatic heterocycles. The van der Waals surface area contributed by atoms with Crippen LogP contribution in [0.4, 0.5) is 4.79 Å². The van der Waals surface area contributed by atoms with E-state index in [2.05, 4.69) is 15.8 Å². The highest BCUT2D eigenvalue weighted by atomic mass is 35.5. The van der Waals surface area contributed by atoms with Crippen molar-refractivity contribution in [2.75, 3.05) is 0 Å². The molecule has 0 saturated heterocycles. The van der Waals surface area contributed by atoms with E-state index in [4.69, 9.17) is 23.2 Å². The van der Waals surface area contributed by atoms with Crippen molar-refractivity contribution in [2.24, 2.45) is 22.9 Å². The molecule has 2 amide bonds. The van der Waals surface area contributed by atoms with Crippen molar-refractivity contribution >= 4 is 35.4 Å². The van der Waals surface area contributed by atoms with Gasteiger partial charge < -0.3 is 5.32 Å². The molecule has 0 heterocycles. The molecule has 4 aliphatic carbocycles. The van der Waals surface area contributed by atoms with E-state index in [0.717, 1.165) is 42.6 Å². The van der Waals surface area contributed by atoms with Crippen LogP contribution in [0.1, 0.15) is 44.1 Å². The van der Waals surface area contributed by atoms with E-state index in [9.17, 15) is 4.79 Å². The molecular weight excluding hydrogens is 345 g/mol. The maximum absolute atomic E-state index is 12.3. The van der Waals surface area contributed by atoms with Gasteiger partial charge in [-0.15, -0.1) is 0 Å². The predicted molar refractivity (Wildman–Crippen MR) is 96.6 cm³/mol. The molecule has 4 fully saturated rings. The maximum Gasteiger partial charge on any atom is 0.335 e. The average Bonchev–Trinajstić information content (AvgIpc) is 2.47. The monoisotopic (exact) mass is 365 g/mol. The average molecular weight is 366 g/mol. The minimum atomic E-state index is -0.224. The summed E-state index contributed by atoms with van der Waals surface area (Å²) in [5.41, 5.74) is 3.29. The molecule has 4 bridgehead atoms. The summed E-state index contributed by atoms with van der Waals surface area (Å²) in [5.74, 6) is 2.40. The minimum Gasteiger partial charge on any atom is -0.331 e. The van der Waals surface area contributed by atoms with Crippen LogP contribution in [0.5, 0.6) is 0 Å². The fourth-order valence-corrected chi connectivity index (χ4v) is 5.76. The molecule has 24 heavy (non-hydrogen) atoms. The van der Waals surface area contributed by atoms with E-state index in [-0.39, 0.29) is 11.6 Å². The Balaban J connectivity index is 1.36. The Labute approximate surface area is 152 Å². The van der Waals surface area contributed by atoms with Crippen molar-refractivity contribution in [3.8, 4) is 0 Å². The van der Waals surface area contributed by atoms with Gasteiger partial charge in [-0.25, -0.2) is 10.2 Å². The molecular formula is C18H21Cl2N3O. The van der Waals surface area contributed by atoms with Gasteiger partial charge in [0.2, 0.25) is 0 Å². The van der Waals surface area contributed by atoms with E-state index in [1.54, 1.807) is 18.2 Å². The van der Waals surface area contributed by atoms with Crippen molar-refractivity contribution in [3.05, 3.63) is 33.8 Å². The predicted octanol–water partition coefficient (Wildman–Crippen LogP) is 4.60. The van der Waals surface area contributed by atoms with Crippen LogP contribution in [-0.2, 0) is 0 Å². The summed E-state index contributed by atoms with van der Waals surface area (Å²) >= 11 is 12.0. The number of halogens is 2. The molecule has 0 spiro atoms. The molecule has 5 rings (SSSR count). The zero-order chi connectivity index (χ0) is 16.7. The first-order chi connectivity index (χ1) is 11.5. The number of nitrogens with one attached hydrogen (secondary N) is 2. The largest absolute Gasteiger partial charge is 0.335 e. The van der Waals surface area contributed by atoms with Gasteiger partial charge in [-0.3, -0.25) is 0 Å². The normalized spacial score (nSPS) is 33.8. The van der Waals surface area contributed by atoms with Crippen molar-refractivity contribution in [2.45, 2.75) is 44.1 Å². The third-order valence-electron chi connectivity index (χ3n) is 5.75. The van der Waals surface area contributed by atoms with Gasteiger partial charge in [-0.1, -0.05) is 29.3 Å². The Hall–Kier alpha value is -1.26. The first-order valence-electron chi connectivity index (χ1n) is 8.58. The van der Waals surface area contributed by atoms with Crippen LogP contribution in [-0.4, -0.2) is 17.8 Å². The zero-order valence-electron chi connectivity index (χ0n) is 13.4. The number of carbonyl (C=O) groups is 1. The standard InChI is InChI=1S/C18H21Cl2N3O/c19-15-2-1-14(16(20)6-15)10-21-23-17(24)22-18-7-11-3-12(8-18)5-13(4-11)9-18/h1-2,6,10-13H,3-5,7-9H2,(H2,22,23,24)/b21-10-. The summed E-state index contributed by atoms with van der Waals surface area (Å²) < 4.78 is 0. The third-order valence-corrected chi connectivity index (χ3v) is 6.31. The smallest absolute Gasteiger partial charge is 0.331 e. The van der Waals surface area contributed by atoms with Gasteiger partial charge in [0, 0.05) is 16.1 Å². The highest BCUT2D eigenvalue weighted by Gasteiger charge is 2.51. The van der Waals surface area contributed by atoms with Crippen LogP contribution in [0, 0.1) is 17.8 Å². The van der Waals surface area contributed by atoms with Gasteiger partial charge in [0.1, 0.15) is 0 Å². The highest BCUT2D eigenvalue weighted by molar-refractivity contribution is 6.36. The van der Waals surface area contributed by atoms with Gasteiger partial charge in [0.25, 0.3) is 0 Å². The summed E-state index contributed by atoms with van der Waals surface area (Å²) in [6, 6.07) is 4.94. The minimum absolute atomic E-state index is 0.00767. The second-order valence-electron chi connectivity index (χ2n) is 7.69. The Morgan fingerprint density at radius 1 is 1.12 bits per heavy atom. The number of hydrogen-bond acceptors (Lipinski definition) is 2. The number of carbonyl (C=O) groups excluding carboxylic acids is 1. The van der Waals surface area contributed by atoms with Crippen molar-refractivity contribution in [1.82, 2.24) is 10.7 Å². The van der Waals surface area contributed by atoms with E-state index in [1.807, 2.05) is 0 Å². The topological polar surface area (TPSA) is 53.5 Å². The van der Waals surface area contributed by atoms with Crippen LogP contribution >= 0.6 is 23.2 Å². The molecule has 1 aromatic rings. The Kier molecular flexibility index (Phi) is 4.21. The van der Waals surface area contributed by atoms with Gasteiger partial charge >= 0.3 is 6.03 Å². The zero-order valence-corrected chi connectivity index (χ0v) is 14.9. The second-order valence-corrected chi connectivity index (χ2v) is 8.53. The fourth-order valence-electron chi connectivity index (χ4n) is 5.30. The fraction of sp³-hybridized carbons (Fsp3) is 0.556. The second kappa shape index (κ2) is 6.23. The molecule has 0 unspecified atom stereocenters. The van der Waals surface area contributed by atoms with Gasteiger partial charge in [-0.2, -0.15) is 5.10 Å². The lowest BCUT2D eigenvalue weighted by atomic mass is 9.53. The summed E-state index contributed by atoms with van der Waals surface area (Å²) in [7, 11) is 0. The Morgan fingerprint density at radius 3 is 2.33 bits per heavy atom. The van der Waals surface area contributed by atoms with Crippen LogP contribution in [0.15, 0.2) is 23.3 Å². The van der Waals surface area contributed by atoms with E-state index < -0.39 is 0 Å². The quantitative estimate of drug-likeness (QED) is 0.596. The molecule has 1 aromatic carbocycles. The molecule has 4 aliphatic rings. The molecule has 4 saturated carbocycles. The summed E-state index contributed by atoms with van der Waals surface area (Å²) in [4.78, 5) is 12.3. The maximum atomic E-state index is 12.3. The van der Waals surface area contributed by atoms with Crippen molar-refractivity contribution < 1.29 is 4.79 Å². The van der Waals surface area contributed by atoms with E-state index in [1.165, 1.54) is 25.5 Å². The molecule has 6 heteroatoms. The lowest BCUT2D eigenvalue weighted by Crippen LogP contribution is -2.61. The van der Waals surface area contributed by atoms with Gasteiger partial charge in [0.05, 0.1) is 11.2 Å². The van der Waals surface area contributed by atoms with Gasteiger partial charge in [0.15, 0.2) is 0 Å². The lowest BCUT2D eigenvalue weighted by molar-refractivity contribution is -0.0135. The number of urea groups is 1. The first-order valence-corrected chi connectivity index (χ1v) is 9.33. The Morgan fingerprint density at radius 2 is 1.75 bits per heavy atom. The summed E-state index contributed by atoms with van der Waals surface area (Å²) in [6.07, 6.45) is 8.98. The number of amides is 2. The van der Waals surface area contributed by atoms with Crippen LogP contribution < -0.4 is 10.7 Å². The molecule has 0 radical (unpaired) electrons. The lowest BCUT2D eigenvalue weighted by Gasteiger charge is -2.56. The van der Waals surface area contributed by atoms with Gasteiger partial charge in [-0.05, 0) is 68.4 Å². The Bertz CT molecular complexity index is 654. The van der Waals surface area contributed by atoms with Crippen molar-refractivity contribution in [3.63, 3.8) is 0 Å².